The molecule has 0 bridgehead atoms. The Morgan fingerprint density at radius 2 is 1.73 bits per heavy atom. The topological polar surface area (TPSA) is 104 Å². The molecule has 2 aromatic carbocycles. The van der Waals surface area contributed by atoms with E-state index in [1.54, 1.807) is 44.2 Å². The van der Waals surface area contributed by atoms with Crippen molar-refractivity contribution < 1.29 is 18.0 Å². The minimum atomic E-state index is -3.77. The zero-order chi connectivity index (χ0) is 18.9. The van der Waals surface area contributed by atoms with Gasteiger partial charge in [0.2, 0.25) is 11.8 Å². The third-order valence-electron chi connectivity index (χ3n) is 3.94. The molecule has 136 valence electrons. The summed E-state index contributed by atoms with van der Waals surface area (Å²) < 4.78 is 27.6. The second-order valence-electron chi connectivity index (χ2n) is 6.37. The summed E-state index contributed by atoms with van der Waals surface area (Å²) in [7, 11) is -3.77. The number of benzene rings is 2. The highest BCUT2D eigenvalue weighted by Crippen LogP contribution is 2.27. The third-order valence-corrected chi connectivity index (χ3v) is 5.34. The summed E-state index contributed by atoms with van der Waals surface area (Å²) in [5, 5.41) is 5.41. The highest BCUT2D eigenvalue weighted by molar-refractivity contribution is 7.92. The lowest BCUT2D eigenvalue weighted by molar-refractivity contribution is -0.119. The summed E-state index contributed by atoms with van der Waals surface area (Å²) in [6.07, 6.45) is 0.231. The Morgan fingerprint density at radius 3 is 2.38 bits per heavy atom. The number of nitrogens with one attached hydrogen (secondary N) is 3. The molecule has 0 radical (unpaired) electrons. The second-order valence-corrected chi connectivity index (χ2v) is 8.05. The molecule has 0 fully saturated rings. The zero-order valence-electron chi connectivity index (χ0n) is 14.4. The Labute approximate surface area is 151 Å². The van der Waals surface area contributed by atoms with Gasteiger partial charge in [0.1, 0.15) is 0 Å². The van der Waals surface area contributed by atoms with Crippen LogP contribution in [0.2, 0.25) is 0 Å². The van der Waals surface area contributed by atoms with Gasteiger partial charge in [-0.05, 0) is 48.0 Å². The number of amides is 2. The predicted octanol–water partition coefficient (Wildman–Crippen LogP) is 2.58. The second kappa shape index (κ2) is 6.80. The standard InChI is InChI=1S/C18H19N3O4S/c1-11(2)18(23)19-13-3-6-15(7-4-13)26(24,25)21-14-5-8-16-12(9-14)10-17(22)20-16/h3-9,11,21H,10H2,1-2H3,(H,19,23)(H,20,22). The van der Waals surface area contributed by atoms with Crippen LogP contribution < -0.4 is 15.4 Å². The SMILES string of the molecule is CC(C)C(=O)Nc1ccc(S(=O)(=O)Nc2ccc3c(c2)CC(=O)N3)cc1. The van der Waals surface area contributed by atoms with Crippen LogP contribution in [0.4, 0.5) is 17.1 Å². The first-order chi connectivity index (χ1) is 12.2. The first-order valence-electron chi connectivity index (χ1n) is 8.11. The molecular weight excluding hydrogens is 354 g/mol. The van der Waals surface area contributed by atoms with Crippen molar-refractivity contribution >= 4 is 38.9 Å². The number of fused-ring (bicyclic) bond motifs is 1. The molecule has 26 heavy (non-hydrogen) atoms. The van der Waals surface area contributed by atoms with Crippen LogP contribution in [0.3, 0.4) is 0 Å². The molecule has 0 aromatic heterocycles. The molecule has 0 saturated carbocycles. The van der Waals surface area contributed by atoms with Gasteiger partial charge in [-0.1, -0.05) is 13.8 Å². The van der Waals surface area contributed by atoms with E-state index in [0.717, 1.165) is 5.56 Å². The molecule has 7 nitrogen and oxygen atoms in total. The number of hydrogen-bond donors (Lipinski definition) is 3. The van der Waals surface area contributed by atoms with Crippen molar-refractivity contribution in [2.45, 2.75) is 25.2 Å². The van der Waals surface area contributed by atoms with Crippen LogP contribution >= 0.6 is 0 Å². The fourth-order valence-corrected chi connectivity index (χ4v) is 3.56. The number of anilines is 3. The lowest BCUT2D eigenvalue weighted by Crippen LogP contribution is -2.18. The Balaban J connectivity index is 1.75. The maximum absolute atomic E-state index is 12.5. The van der Waals surface area contributed by atoms with Gasteiger partial charge in [-0.3, -0.25) is 14.3 Å². The molecule has 0 atom stereocenters. The summed E-state index contributed by atoms with van der Waals surface area (Å²) in [5.41, 5.74) is 2.37. The summed E-state index contributed by atoms with van der Waals surface area (Å²) >= 11 is 0. The van der Waals surface area contributed by atoms with Crippen molar-refractivity contribution in [3.8, 4) is 0 Å². The zero-order valence-corrected chi connectivity index (χ0v) is 15.2. The van der Waals surface area contributed by atoms with E-state index in [1.165, 1.54) is 12.1 Å². The van der Waals surface area contributed by atoms with Crippen LogP contribution in [-0.4, -0.2) is 20.2 Å². The molecule has 8 heteroatoms. The maximum Gasteiger partial charge on any atom is 0.261 e. The average molecular weight is 373 g/mol. The minimum Gasteiger partial charge on any atom is -0.326 e. The molecule has 0 aliphatic carbocycles. The quantitative estimate of drug-likeness (QED) is 0.749. The van der Waals surface area contributed by atoms with Crippen molar-refractivity contribution in [2.75, 3.05) is 15.4 Å². The summed E-state index contributed by atoms with van der Waals surface area (Å²) in [6.45, 7) is 3.55. The van der Waals surface area contributed by atoms with Gasteiger partial charge >= 0.3 is 0 Å². The summed E-state index contributed by atoms with van der Waals surface area (Å²) in [5.74, 6) is -0.416. The molecular formula is C18H19N3O4S. The van der Waals surface area contributed by atoms with E-state index in [0.29, 0.717) is 17.1 Å². The van der Waals surface area contributed by atoms with E-state index >= 15 is 0 Å². The van der Waals surface area contributed by atoms with Gasteiger partial charge in [-0.15, -0.1) is 0 Å². The highest BCUT2D eigenvalue weighted by Gasteiger charge is 2.20. The summed E-state index contributed by atoms with van der Waals surface area (Å²) in [4.78, 5) is 23.1. The van der Waals surface area contributed by atoms with E-state index in [1.807, 2.05) is 0 Å². The van der Waals surface area contributed by atoms with E-state index < -0.39 is 10.0 Å². The molecule has 2 amide bonds. The molecule has 1 aliphatic rings. The Bertz CT molecular complexity index is 966. The fraction of sp³-hybridized carbons (Fsp3) is 0.222. The number of carbonyl (C=O) groups excluding carboxylic acids is 2. The van der Waals surface area contributed by atoms with Gasteiger partial charge in [0.25, 0.3) is 10.0 Å². The Kier molecular flexibility index (Phi) is 4.69. The number of sulfonamides is 1. The van der Waals surface area contributed by atoms with E-state index in [2.05, 4.69) is 15.4 Å². The van der Waals surface area contributed by atoms with Crippen LogP contribution in [0.5, 0.6) is 0 Å². The molecule has 0 saturated heterocycles. The van der Waals surface area contributed by atoms with Gasteiger partial charge in [-0.2, -0.15) is 0 Å². The van der Waals surface area contributed by atoms with Gasteiger partial charge in [-0.25, -0.2) is 8.42 Å². The maximum atomic E-state index is 12.5. The fourth-order valence-electron chi connectivity index (χ4n) is 2.51. The van der Waals surface area contributed by atoms with Crippen LogP contribution in [0.25, 0.3) is 0 Å². The van der Waals surface area contributed by atoms with Crippen LogP contribution in [0.15, 0.2) is 47.4 Å². The van der Waals surface area contributed by atoms with E-state index in [-0.39, 0.29) is 29.0 Å². The van der Waals surface area contributed by atoms with Crippen LogP contribution in [0, 0.1) is 5.92 Å². The van der Waals surface area contributed by atoms with Crippen molar-refractivity contribution in [1.82, 2.24) is 0 Å². The minimum absolute atomic E-state index is 0.0785. The Morgan fingerprint density at radius 1 is 1.08 bits per heavy atom. The normalized spacial score (nSPS) is 13.3. The monoisotopic (exact) mass is 373 g/mol. The lowest BCUT2D eigenvalue weighted by Gasteiger charge is -2.11. The number of rotatable bonds is 5. The van der Waals surface area contributed by atoms with Crippen LogP contribution in [0.1, 0.15) is 19.4 Å². The van der Waals surface area contributed by atoms with Gasteiger partial charge in [0.15, 0.2) is 0 Å². The first kappa shape index (κ1) is 17.9. The highest BCUT2D eigenvalue weighted by atomic mass is 32.2. The largest absolute Gasteiger partial charge is 0.326 e. The smallest absolute Gasteiger partial charge is 0.261 e. The predicted molar refractivity (Wildman–Crippen MR) is 99.5 cm³/mol. The van der Waals surface area contributed by atoms with Crippen molar-refractivity contribution in [3.05, 3.63) is 48.0 Å². The third kappa shape index (κ3) is 3.85. The van der Waals surface area contributed by atoms with Crippen LogP contribution in [-0.2, 0) is 26.0 Å². The number of carbonyl (C=O) groups is 2. The molecule has 1 heterocycles. The molecule has 1 aliphatic heterocycles. The molecule has 2 aromatic rings. The van der Waals surface area contributed by atoms with Gasteiger partial charge < -0.3 is 10.6 Å². The molecule has 0 unspecified atom stereocenters. The van der Waals surface area contributed by atoms with Crippen molar-refractivity contribution in [3.63, 3.8) is 0 Å². The van der Waals surface area contributed by atoms with E-state index in [9.17, 15) is 18.0 Å². The van der Waals surface area contributed by atoms with Crippen molar-refractivity contribution in [1.29, 1.82) is 0 Å². The van der Waals surface area contributed by atoms with Gasteiger partial charge in [0.05, 0.1) is 11.3 Å². The summed E-state index contributed by atoms with van der Waals surface area (Å²) in [6, 6.07) is 10.8. The molecule has 0 spiro atoms. The van der Waals surface area contributed by atoms with Gasteiger partial charge in [0, 0.05) is 23.0 Å². The number of hydrogen-bond acceptors (Lipinski definition) is 4. The average Bonchev–Trinajstić information content (AvgIpc) is 2.94. The Hall–Kier alpha value is -2.87. The van der Waals surface area contributed by atoms with Crippen molar-refractivity contribution in [2.24, 2.45) is 5.92 Å². The first-order valence-corrected chi connectivity index (χ1v) is 9.59. The molecule has 3 N–H and O–H groups in total. The van der Waals surface area contributed by atoms with E-state index in [4.69, 9.17) is 0 Å². The lowest BCUT2D eigenvalue weighted by atomic mass is 10.1. The molecule has 3 rings (SSSR count).